The molecule has 3 amide bonds. The fourth-order valence-electron chi connectivity index (χ4n) is 2.56. The van der Waals surface area contributed by atoms with Crippen molar-refractivity contribution in [3.8, 4) is 5.75 Å². The summed E-state index contributed by atoms with van der Waals surface area (Å²) in [5, 5.41) is 2.19. The number of amides is 3. The van der Waals surface area contributed by atoms with Gasteiger partial charge in [0.2, 0.25) is 0 Å². The van der Waals surface area contributed by atoms with Gasteiger partial charge >= 0.3 is 6.61 Å². The van der Waals surface area contributed by atoms with Gasteiger partial charge < -0.3 is 10.1 Å². The number of imide groups is 1. The minimum atomic E-state index is -2.94. The van der Waals surface area contributed by atoms with Gasteiger partial charge in [-0.2, -0.15) is 8.78 Å². The molecule has 0 spiro atoms. The average Bonchev–Trinajstić information content (AvgIpc) is 2.96. The lowest BCUT2D eigenvalue weighted by molar-refractivity contribution is -0.122. The Bertz CT molecular complexity index is 933. The molecule has 2 aromatic rings. The second-order valence-electron chi connectivity index (χ2n) is 5.90. The Hall–Kier alpha value is -3.20. The summed E-state index contributed by atoms with van der Waals surface area (Å²) in [6.07, 6.45) is 1.65. The molecule has 1 N–H and O–H groups in total. The Morgan fingerprint density at radius 2 is 1.79 bits per heavy atom. The van der Waals surface area contributed by atoms with Crippen molar-refractivity contribution < 1.29 is 27.9 Å². The van der Waals surface area contributed by atoms with E-state index < -0.39 is 23.7 Å². The predicted molar refractivity (Wildman–Crippen MR) is 105 cm³/mol. The van der Waals surface area contributed by atoms with Gasteiger partial charge in [-0.05, 0) is 47.7 Å². The Morgan fingerprint density at radius 1 is 1.10 bits per heavy atom. The second kappa shape index (κ2) is 9.33. The molecular formula is C20H16F2N2O4S. The molecule has 9 heteroatoms. The maximum atomic E-state index is 12.4. The third-order valence-electron chi connectivity index (χ3n) is 3.93. The van der Waals surface area contributed by atoms with Gasteiger partial charge in [-0.1, -0.05) is 30.3 Å². The molecule has 150 valence electrons. The molecule has 0 unspecified atom stereocenters. The van der Waals surface area contributed by atoms with E-state index in [0.717, 1.165) is 22.2 Å². The highest BCUT2D eigenvalue weighted by molar-refractivity contribution is 8.18. The van der Waals surface area contributed by atoms with Crippen LogP contribution in [-0.2, 0) is 4.79 Å². The van der Waals surface area contributed by atoms with Crippen LogP contribution in [0.2, 0.25) is 0 Å². The second-order valence-corrected chi connectivity index (χ2v) is 6.90. The van der Waals surface area contributed by atoms with Gasteiger partial charge in [0.25, 0.3) is 17.1 Å². The van der Waals surface area contributed by atoms with Gasteiger partial charge in [0.1, 0.15) is 5.75 Å². The molecule has 6 nitrogen and oxygen atoms in total. The van der Waals surface area contributed by atoms with Crippen LogP contribution < -0.4 is 10.1 Å². The molecule has 1 fully saturated rings. The Balaban J connectivity index is 1.53. The van der Waals surface area contributed by atoms with Crippen molar-refractivity contribution in [3.63, 3.8) is 0 Å². The quantitative estimate of drug-likeness (QED) is 0.693. The number of thioether (sulfide) groups is 1. The highest BCUT2D eigenvalue weighted by Crippen LogP contribution is 2.31. The highest BCUT2D eigenvalue weighted by atomic mass is 32.2. The van der Waals surface area contributed by atoms with Crippen molar-refractivity contribution in [1.29, 1.82) is 0 Å². The standard InChI is InChI=1S/C20H16F2N2O4S/c21-19(22)28-15-8-6-14(7-9-15)17(25)23-10-11-24-18(26)16(29-20(24)27)12-13-4-2-1-3-5-13/h1-9,12,19H,10-11H2,(H,23,25)/b16-12-. The van der Waals surface area contributed by atoms with Crippen LogP contribution in [0.1, 0.15) is 15.9 Å². The Morgan fingerprint density at radius 3 is 2.45 bits per heavy atom. The molecule has 29 heavy (non-hydrogen) atoms. The van der Waals surface area contributed by atoms with E-state index in [-0.39, 0.29) is 24.4 Å². The molecule has 0 bridgehead atoms. The summed E-state index contributed by atoms with van der Waals surface area (Å²) < 4.78 is 28.5. The zero-order valence-corrected chi connectivity index (χ0v) is 15.8. The van der Waals surface area contributed by atoms with Crippen molar-refractivity contribution in [2.24, 2.45) is 0 Å². The van der Waals surface area contributed by atoms with Crippen LogP contribution in [0.15, 0.2) is 59.5 Å². The number of hydrogen-bond donors (Lipinski definition) is 1. The largest absolute Gasteiger partial charge is 0.435 e. The first-order chi connectivity index (χ1) is 13.9. The average molecular weight is 418 g/mol. The van der Waals surface area contributed by atoms with Gasteiger partial charge in [0.15, 0.2) is 0 Å². The van der Waals surface area contributed by atoms with Crippen LogP contribution in [-0.4, -0.2) is 41.7 Å². The maximum Gasteiger partial charge on any atom is 0.387 e. The lowest BCUT2D eigenvalue weighted by Gasteiger charge is -2.13. The molecule has 1 aliphatic heterocycles. The molecule has 3 rings (SSSR count). The smallest absolute Gasteiger partial charge is 0.387 e. The van der Waals surface area contributed by atoms with Crippen molar-refractivity contribution in [2.75, 3.05) is 13.1 Å². The topological polar surface area (TPSA) is 75.7 Å². The number of hydrogen-bond acceptors (Lipinski definition) is 5. The van der Waals surface area contributed by atoms with Gasteiger partial charge in [-0.25, -0.2) is 0 Å². The van der Waals surface area contributed by atoms with Crippen LogP contribution in [0.25, 0.3) is 6.08 Å². The van der Waals surface area contributed by atoms with E-state index in [4.69, 9.17) is 0 Å². The first kappa shape index (κ1) is 20.5. The van der Waals surface area contributed by atoms with Crippen molar-refractivity contribution in [1.82, 2.24) is 10.2 Å². The van der Waals surface area contributed by atoms with Gasteiger partial charge in [0.05, 0.1) is 4.91 Å². The predicted octanol–water partition coefficient (Wildman–Crippen LogP) is 3.75. The highest BCUT2D eigenvalue weighted by Gasteiger charge is 2.34. The number of benzene rings is 2. The number of nitrogens with one attached hydrogen (secondary N) is 1. The lowest BCUT2D eigenvalue weighted by atomic mass is 10.2. The van der Waals surface area contributed by atoms with E-state index >= 15 is 0 Å². The Kier molecular flexibility index (Phi) is 6.61. The lowest BCUT2D eigenvalue weighted by Crippen LogP contribution is -2.37. The molecule has 0 aromatic heterocycles. The molecule has 0 atom stereocenters. The van der Waals surface area contributed by atoms with E-state index in [0.29, 0.717) is 4.91 Å². The van der Waals surface area contributed by atoms with Crippen molar-refractivity contribution >= 4 is 34.9 Å². The van der Waals surface area contributed by atoms with Crippen molar-refractivity contribution in [2.45, 2.75) is 6.61 Å². The van der Waals surface area contributed by atoms with Crippen LogP contribution >= 0.6 is 11.8 Å². The maximum absolute atomic E-state index is 12.4. The fraction of sp³-hybridized carbons (Fsp3) is 0.150. The van der Waals surface area contributed by atoms with E-state index in [1.165, 1.54) is 24.3 Å². The first-order valence-corrected chi connectivity index (χ1v) is 9.39. The van der Waals surface area contributed by atoms with Crippen LogP contribution in [0.3, 0.4) is 0 Å². The number of nitrogens with zero attached hydrogens (tertiary/aromatic N) is 1. The summed E-state index contributed by atoms with van der Waals surface area (Å²) in [7, 11) is 0. The normalized spacial score (nSPS) is 15.3. The van der Waals surface area contributed by atoms with E-state index in [1.807, 2.05) is 30.3 Å². The van der Waals surface area contributed by atoms with Gasteiger partial charge in [-0.15, -0.1) is 0 Å². The molecule has 2 aromatic carbocycles. The zero-order valence-electron chi connectivity index (χ0n) is 15.0. The molecule has 0 radical (unpaired) electrons. The van der Waals surface area contributed by atoms with Crippen LogP contribution in [0.4, 0.5) is 13.6 Å². The van der Waals surface area contributed by atoms with E-state index in [1.54, 1.807) is 6.08 Å². The summed E-state index contributed by atoms with van der Waals surface area (Å²) >= 11 is 0.849. The fourth-order valence-corrected chi connectivity index (χ4v) is 3.43. The third kappa shape index (κ3) is 5.41. The number of ether oxygens (including phenoxy) is 1. The van der Waals surface area contributed by atoms with Crippen molar-refractivity contribution in [3.05, 3.63) is 70.6 Å². The summed E-state index contributed by atoms with van der Waals surface area (Å²) in [5.41, 5.74) is 1.05. The van der Waals surface area contributed by atoms with Gasteiger partial charge in [0, 0.05) is 18.7 Å². The number of alkyl halides is 2. The number of carbonyl (C=O) groups excluding carboxylic acids is 3. The molecule has 1 heterocycles. The zero-order chi connectivity index (χ0) is 20.8. The summed E-state index contributed by atoms with van der Waals surface area (Å²) in [6.45, 7) is -2.86. The minimum absolute atomic E-state index is 0.0229. The summed E-state index contributed by atoms with van der Waals surface area (Å²) in [4.78, 5) is 38.0. The SMILES string of the molecule is O=C(NCCN1C(=O)S/C(=C\c2ccccc2)C1=O)c1ccc(OC(F)F)cc1. The first-order valence-electron chi connectivity index (χ1n) is 8.57. The molecular weight excluding hydrogens is 402 g/mol. The van der Waals surface area contributed by atoms with Crippen LogP contribution in [0, 0.1) is 0 Å². The molecule has 1 aliphatic rings. The summed E-state index contributed by atoms with van der Waals surface area (Å²) in [5.74, 6) is -0.924. The van der Waals surface area contributed by atoms with Crippen LogP contribution in [0.5, 0.6) is 5.75 Å². The summed E-state index contributed by atoms with van der Waals surface area (Å²) in [6, 6.07) is 14.4. The Labute approximate surface area is 169 Å². The molecule has 1 saturated heterocycles. The number of rotatable bonds is 7. The van der Waals surface area contributed by atoms with E-state index in [9.17, 15) is 23.2 Å². The monoisotopic (exact) mass is 418 g/mol. The van der Waals surface area contributed by atoms with Gasteiger partial charge in [-0.3, -0.25) is 19.3 Å². The third-order valence-corrected chi connectivity index (χ3v) is 4.84. The number of halogens is 2. The number of carbonyl (C=O) groups is 3. The molecule has 0 aliphatic carbocycles. The minimum Gasteiger partial charge on any atom is -0.435 e. The van der Waals surface area contributed by atoms with E-state index in [2.05, 4.69) is 10.1 Å². The molecule has 0 saturated carbocycles.